The fraction of sp³-hybridized carbons (Fsp3) is 0.667. The summed E-state index contributed by atoms with van der Waals surface area (Å²) in [5.74, 6) is -1.11. The van der Waals surface area contributed by atoms with Gasteiger partial charge in [0.1, 0.15) is 0 Å². The van der Waals surface area contributed by atoms with E-state index in [-0.39, 0.29) is 18.7 Å². The molecular formula is C6H10NO3-. The summed E-state index contributed by atoms with van der Waals surface area (Å²) in [5, 5.41) is 18.6. The van der Waals surface area contributed by atoms with Crippen molar-refractivity contribution < 1.29 is 15.0 Å². The van der Waals surface area contributed by atoms with Gasteiger partial charge in [-0.1, -0.05) is 0 Å². The second-order valence-electron chi connectivity index (χ2n) is 1.86. The molecule has 0 amide bonds. The average molecular weight is 144 g/mol. The number of hydrogen-bond acceptors (Lipinski definition) is 3. The fourth-order valence-corrected chi connectivity index (χ4v) is 0.503. The number of aliphatic carboxylic acids is 1. The van der Waals surface area contributed by atoms with Gasteiger partial charge in [0.15, 0.2) is 0 Å². The predicted octanol–water partition coefficient (Wildman–Crippen LogP) is -0.370. The summed E-state index contributed by atoms with van der Waals surface area (Å²) >= 11 is 0. The highest BCUT2D eigenvalue weighted by atomic mass is 16.4. The SMILES string of the molecule is CN=C([O-])CCCC(=O)O. The van der Waals surface area contributed by atoms with Gasteiger partial charge in [0, 0.05) is 13.5 Å². The lowest BCUT2D eigenvalue weighted by molar-refractivity contribution is -0.218. The lowest BCUT2D eigenvalue weighted by atomic mass is 10.2. The third-order valence-corrected chi connectivity index (χ3v) is 1.03. The third kappa shape index (κ3) is 5.08. The Kier molecular flexibility index (Phi) is 4.28. The Balaban J connectivity index is 3.29. The summed E-state index contributed by atoms with van der Waals surface area (Å²) < 4.78 is 0. The van der Waals surface area contributed by atoms with Gasteiger partial charge in [-0.25, -0.2) is 0 Å². The Morgan fingerprint density at radius 2 is 2.20 bits per heavy atom. The number of carboxylic acids is 1. The van der Waals surface area contributed by atoms with E-state index >= 15 is 0 Å². The van der Waals surface area contributed by atoms with Crippen LogP contribution in [-0.4, -0.2) is 24.0 Å². The molecule has 0 aliphatic carbocycles. The zero-order valence-corrected chi connectivity index (χ0v) is 5.83. The molecule has 0 heterocycles. The second kappa shape index (κ2) is 4.78. The summed E-state index contributed by atoms with van der Waals surface area (Å²) in [6, 6.07) is 0. The summed E-state index contributed by atoms with van der Waals surface area (Å²) in [7, 11) is 1.41. The number of nitrogens with zero attached hydrogens (tertiary/aromatic N) is 1. The third-order valence-electron chi connectivity index (χ3n) is 1.03. The maximum atomic E-state index is 10.4. The monoisotopic (exact) mass is 144 g/mol. The fourth-order valence-electron chi connectivity index (χ4n) is 0.503. The normalized spacial score (nSPS) is 11.5. The van der Waals surface area contributed by atoms with Crippen molar-refractivity contribution in [2.75, 3.05) is 7.05 Å². The van der Waals surface area contributed by atoms with Gasteiger partial charge in [0.2, 0.25) is 0 Å². The van der Waals surface area contributed by atoms with E-state index in [0.29, 0.717) is 6.42 Å². The van der Waals surface area contributed by atoms with Crippen LogP contribution in [0.25, 0.3) is 0 Å². The van der Waals surface area contributed by atoms with E-state index in [2.05, 4.69) is 4.99 Å². The Morgan fingerprint density at radius 1 is 1.60 bits per heavy atom. The van der Waals surface area contributed by atoms with Crippen LogP contribution in [0.3, 0.4) is 0 Å². The van der Waals surface area contributed by atoms with Crippen molar-refractivity contribution in [2.45, 2.75) is 19.3 Å². The minimum Gasteiger partial charge on any atom is -0.862 e. The molecule has 0 saturated heterocycles. The van der Waals surface area contributed by atoms with Crippen molar-refractivity contribution in [1.29, 1.82) is 0 Å². The number of carbonyl (C=O) groups is 1. The minimum absolute atomic E-state index is 0.0429. The molecule has 10 heavy (non-hydrogen) atoms. The molecular weight excluding hydrogens is 134 g/mol. The van der Waals surface area contributed by atoms with Gasteiger partial charge < -0.3 is 15.2 Å². The van der Waals surface area contributed by atoms with Crippen molar-refractivity contribution in [3.8, 4) is 0 Å². The first-order chi connectivity index (χ1) is 4.66. The van der Waals surface area contributed by atoms with E-state index in [1.807, 2.05) is 0 Å². The lowest BCUT2D eigenvalue weighted by Gasteiger charge is -2.06. The number of aliphatic imine (C=N–C) groups is 1. The number of hydrogen-bond donors (Lipinski definition) is 1. The molecule has 0 rings (SSSR count). The highest BCUT2D eigenvalue weighted by Gasteiger charge is 1.94. The Morgan fingerprint density at radius 3 is 2.60 bits per heavy atom. The van der Waals surface area contributed by atoms with Crippen LogP contribution in [0.4, 0.5) is 0 Å². The van der Waals surface area contributed by atoms with Crippen molar-refractivity contribution >= 4 is 11.9 Å². The number of rotatable bonds is 4. The first-order valence-corrected chi connectivity index (χ1v) is 3.01. The molecule has 0 bridgehead atoms. The minimum atomic E-state index is -0.871. The van der Waals surface area contributed by atoms with Crippen molar-refractivity contribution in [2.24, 2.45) is 4.99 Å². The van der Waals surface area contributed by atoms with E-state index in [1.54, 1.807) is 0 Å². The van der Waals surface area contributed by atoms with E-state index < -0.39 is 5.97 Å². The van der Waals surface area contributed by atoms with Gasteiger partial charge in [-0.2, -0.15) is 0 Å². The molecule has 0 aromatic carbocycles. The topological polar surface area (TPSA) is 72.7 Å². The van der Waals surface area contributed by atoms with Crippen LogP contribution in [0.2, 0.25) is 0 Å². The Hall–Kier alpha value is -1.06. The molecule has 1 N–H and O–H groups in total. The molecule has 0 unspecified atom stereocenters. The molecule has 0 aromatic heterocycles. The summed E-state index contributed by atoms with van der Waals surface area (Å²) in [5.41, 5.74) is 0. The first-order valence-electron chi connectivity index (χ1n) is 3.01. The molecule has 0 aliphatic rings. The Bertz CT molecular complexity index is 142. The van der Waals surface area contributed by atoms with E-state index in [4.69, 9.17) is 5.11 Å². The predicted molar refractivity (Wildman–Crippen MR) is 34.8 cm³/mol. The van der Waals surface area contributed by atoms with Gasteiger partial charge in [0.25, 0.3) is 0 Å². The average Bonchev–Trinajstić information content (AvgIpc) is 1.87. The summed E-state index contributed by atoms with van der Waals surface area (Å²) in [6.45, 7) is 0. The number of carboxylic acid groups (broad SMARTS) is 1. The van der Waals surface area contributed by atoms with Crippen LogP contribution >= 0.6 is 0 Å². The Labute approximate surface area is 59.2 Å². The maximum absolute atomic E-state index is 10.4. The summed E-state index contributed by atoms with van der Waals surface area (Å²) in [4.78, 5) is 13.3. The van der Waals surface area contributed by atoms with Crippen molar-refractivity contribution in [3.63, 3.8) is 0 Å². The molecule has 0 saturated carbocycles. The van der Waals surface area contributed by atoms with Crippen LogP contribution in [0.1, 0.15) is 19.3 Å². The lowest BCUT2D eigenvalue weighted by Crippen LogP contribution is -2.17. The second-order valence-corrected chi connectivity index (χ2v) is 1.86. The van der Waals surface area contributed by atoms with Crippen LogP contribution in [0, 0.1) is 0 Å². The largest absolute Gasteiger partial charge is 0.862 e. The zero-order valence-electron chi connectivity index (χ0n) is 5.83. The van der Waals surface area contributed by atoms with Gasteiger partial charge >= 0.3 is 5.97 Å². The first kappa shape index (κ1) is 8.94. The van der Waals surface area contributed by atoms with E-state index in [0.717, 1.165) is 0 Å². The van der Waals surface area contributed by atoms with Crippen LogP contribution in [0.5, 0.6) is 0 Å². The van der Waals surface area contributed by atoms with E-state index in [9.17, 15) is 9.90 Å². The molecule has 0 fully saturated rings. The van der Waals surface area contributed by atoms with Gasteiger partial charge in [-0.15, -0.1) is 0 Å². The molecule has 0 radical (unpaired) electrons. The van der Waals surface area contributed by atoms with Crippen LogP contribution in [0.15, 0.2) is 4.99 Å². The molecule has 0 aliphatic heterocycles. The van der Waals surface area contributed by atoms with Gasteiger partial charge in [0.05, 0.1) is 0 Å². The zero-order chi connectivity index (χ0) is 7.98. The van der Waals surface area contributed by atoms with Gasteiger partial charge in [-0.3, -0.25) is 4.79 Å². The van der Waals surface area contributed by atoms with E-state index in [1.165, 1.54) is 7.05 Å². The smallest absolute Gasteiger partial charge is 0.303 e. The molecule has 4 nitrogen and oxygen atoms in total. The highest BCUT2D eigenvalue weighted by molar-refractivity contribution is 5.72. The molecule has 0 spiro atoms. The quantitative estimate of drug-likeness (QED) is 0.432. The molecule has 0 atom stereocenters. The van der Waals surface area contributed by atoms with Gasteiger partial charge in [-0.05, 0) is 18.7 Å². The summed E-state index contributed by atoms with van der Waals surface area (Å²) in [6.07, 6.45) is 0.662. The van der Waals surface area contributed by atoms with Crippen LogP contribution < -0.4 is 5.11 Å². The molecule has 58 valence electrons. The highest BCUT2D eigenvalue weighted by Crippen LogP contribution is 1.93. The van der Waals surface area contributed by atoms with Crippen LogP contribution in [-0.2, 0) is 4.79 Å². The maximum Gasteiger partial charge on any atom is 0.303 e. The standard InChI is InChI=1S/C6H11NO3/c1-7-5(8)3-2-4-6(9)10/h2-4H2,1H3,(H,7,8)(H,9,10)/p-1. The van der Waals surface area contributed by atoms with Crippen molar-refractivity contribution in [3.05, 3.63) is 0 Å². The van der Waals surface area contributed by atoms with Crippen molar-refractivity contribution in [1.82, 2.24) is 0 Å². The molecule has 0 aromatic rings. The molecule has 4 heteroatoms.